The van der Waals surface area contributed by atoms with E-state index in [1.807, 2.05) is 60.5 Å². The Hall–Kier alpha value is -2.96. The highest BCUT2D eigenvalue weighted by Gasteiger charge is 2.25. The summed E-state index contributed by atoms with van der Waals surface area (Å²) in [6.07, 6.45) is 0. The molecule has 0 radical (unpaired) electrons. The lowest BCUT2D eigenvalue weighted by Gasteiger charge is -2.21. The van der Waals surface area contributed by atoms with Crippen LogP contribution in [0.5, 0.6) is 0 Å². The third-order valence-electron chi connectivity index (χ3n) is 4.71. The van der Waals surface area contributed by atoms with Gasteiger partial charge in [0.25, 0.3) is 0 Å². The van der Waals surface area contributed by atoms with Crippen LogP contribution in [0.25, 0.3) is 11.0 Å². The summed E-state index contributed by atoms with van der Waals surface area (Å²) in [4.78, 5) is 11.0. The standard InChI is InChI=1S/C23H20ClN3O2S/c1-27(15-17-7-3-2-4-8-17)22-23(26-21-10-6-5-9-20(21)25-22)30(28,29)16-18-11-13-19(24)14-12-18/h2-14H,15-16H2,1H3. The van der Waals surface area contributed by atoms with Crippen LogP contribution in [0.2, 0.25) is 5.02 Å². The number of sulfone groups is 1. The van der Waals surface area contributed by atoms with Crippen molar-refractivity contribution in [2.75, 3.05) is 11.9 Å². The van der Waals surface area contributed by atoms with Crippen molar-refractivity contribution >= 4 is 38.3 Å². The molecule has 3 aromatic carbocycles. The Labute approximate surface area is 180 Å². The fourth-order valence-corrected chi connectivity index (χ4v) is 4.84. The fourth-order valence-electron chi connectivity index (χ4n) is 3.23. The molecule has 5 nitrogen and oxygen atoms in total. The summed E-state index contributed by atoms with van der Waals surface area (Å²) >= 11 is 5.93. The lowest BCUT2D eigenvalue weighted by molar-refractivity contribution is 0.591. The molecule has 152 valence electrons. The van der Waals surface area contributed by atoms with Gasteiger partial charge in [0.2, 0.25) is 9.84 Å². The van der Waals surface area contributed by atoms with Crippen molar-refractivity contribution in [3.63, 3.8) is 0 Å². The van der Waals surface area contributed by atoms with Crippen LogP contribution < -0.4 is 4.90 Å². The van der Waals surface area contributed by atoms with Gasteiger partial charge in [-0.1, -0.05) is 66.2 Å². The number of halogens is 1. The van der Waals surface area contributed by atoms with Crippen molar-refractivity contribution < 1.29 is 8.42 Å². The van der Waals surface area contributed by atoms with Gasteiger partial charge in [0.1, 0.15) is 0 Å². The van der Waals surface area contributed by atoms with Gasteiger partial charge >= 0.3 is 0 Å². The summed E-state index contributed by atoms with van der Waals surface area (Å²) < 4.78 is 26.7. The molecule has 0 saturated heterocycles. The van der Waals surface area contributed by atoms with Crippen molar-refractivity contribution in [2.45, 2.75) is 17.3 Å². The monoisotopic (exact) mass is 437 g/mol. The number of anilines is 1. The Morgan fingerprint density at radius 2 is 1.40 bits per heavy atom. The van der Waals surface area contributed by atoms with E-state index in [2.05, 4.69) is 9.97 Å². The first-order chi connectivity index (χ1) is 14.4. The number of fused-ring (bicyclic) bond motifs is 1. The van der Waals surface area contributed by atoms with E-state index in [0.717, 1.165) is 5.56 Å². The van der Waals surface area contributed by atoms with Gasteiger partial charge in [0.05, 0.1) is 16.8 Å². The molecule has 0 saturated carbocycles. The van der Waals surface area contributed by atoms with Crippen molar-refractivity contribution in [1.29, 1.82) is 0 Å². The van der Waals surface area contributed by atoms with E-state index in [4.69, 9.17) is 11.6 Å². The molecule has 0 N–H and O–H groups in total. The number of benzene rings is 3. The molecule has 4 aromatic rings. The molecule has 0 aliphatic heterocycles. The van der Waals surface area contributed by atoms with Gasteiger partial charge in [-0.15, -0.1) is 0 Å². The largest absolute Gasteiger partial charge is 0.353 e. The predicted octanol–water partition coefficient (Wildman–Crippen LogP) is 4.89. The van der Waals surface area contributed by atoms with Crippen LogP contribution >= 0.6 is 11.6 Å². The minimum absolute atomic E-state index is 0.0189. The third kappa shape index (κ3) is 4.45. The summed E-state index contributed by atoms with van der Waals surface area (Å²) in [6, 6.07) is 23.9. The minimum Gasteiger partial charge on any atom is -0.353 e. The molecule has 0 spiro atoms. The first kappa shape index (κ1) is 20.3. The van der Waals surface area contributed by atoms with Crippen LogP contribution in [0.3, 0.4) is 0 Å². The maximum atomic E-state index is 13.3. The number of para-hydroxylation sites is 2. The van der Waals surface area contributed by atoms with Gasteiger partial charge < -0.3 is 4.90 Å². The molecule has 7 heteroatoms. The highest BCUT2D eigenvalue weighted by Crippen LogP contribution is 2.28. The maximum absolute atomic E-state index is 13.3. The van der Waals surface area contributed by atoms with Crippen molar-refractivity contribution in [1.82, 2.24) is 9.97 Å². The second kappa shape index (κ2) is 8.42. The summed E-state index contributed by atoms with van der Waals surface area (Å²) in [6.45, 7) is 0.511. The van der Waals surface area contributed by atoms with Crippen LogP contribution in [-0.4, -0.2) is 25.4 Å². The highest BCUT2D eigenvalue weighted by atomic mass is 35.5. The quantitative estimate of drug-likeness (QED) is 0.429. The molecule has 0 amide bonds. The molecule has 0 unspecified atom stereocenters. The zero-order valence-electron chi connectivity index (χ0n) is 16.4. The molecule has 0 atom stereocenters. The van der Waals surface area contributed by atoms with Crippen molar-refractivity contribution in [3.8, 4) is 0 Å². The Morgan fingerprint density at radius 3 is 2.07 bits per heavy atom. The summed E-state index contributed by atoms with van der Waals surface area (Å²) in [5.41, 5.74) is 2.89. The normalized spacial score (nSPS) is 11.5. The van der Waals surface area contributed by atoms with E-state index in [1.54, 1.807) is 30.3 Å². The molecule has 0 aliphatic rings. The molecule has 30 heavy (non-hydrogen) atoms. The lowest BCUT2D eigenvalue weighted by atomic mass is 10.2. The van der Waals surface area contributed by atoms with E-state index in [0.29, 0.717) is 34.0 Å². The van der Waals surface area contributed by atoms with Gasteiger partial charge in [0, 0.05) is 18.6 Å². The Bertz CT molecular complexity index is 1280. The maximum Gasteiger partial charge on any atom is 0.203 e. The SMILES string of the molecule is CN(Cc1ccccc1)c1nc2ccccc2nc1S(=O)(=O)Cc1ccc(Cl)cc1. The first-order valence-electron chi connectivity index (χ1n) is 9.41. The van der Waals surface area contributed by atoms with Gasteiger partial charge in [-0.3, -0.25) is 0 Å². The number of rotatable bonds is 6. The molecule has 1 aromatic heterocycles. The topological polar surface area (TPSA) is 63.2 Å². The van der Waals surface area contributed by atoms with E-state index < -0.39 is 9.84 Å². The van der Waals surface area contributed by atoms with Gasteiger partial charge in [-0.05, 0) is 35.4 Å². The van der Waals surface area contributed by atoms with Crippen molar-refractivity contribution in [2.24, 2.45) is 0 Å². The molecular weight excluding hydrogens is 418 g/mol. The summed E-state index contributed by atoms with van der Waals surface area (Å²) in [7, 11) is -1.92. The Kier molecular flexibility index (Phi) is 5.70. The van der Waals surface area contributed by atoms with Crippen LogP contribution in [-0.2, 0) is 22.1 Å². The third-order valence-corrected chi connectivity index (χ3v) is 6.54. The second-order valence-electron chi connectivity index (χ2n) is 7.07. The zero-order chi connectivity index (χ0) is 21.1. The smallest absolute Gasteiger partial charge is 0.203 e. The average molecular weight is 438 g/mol. The predicted molar refractivity (Wildman–Crippen MR) is 120 cm³/mol. The Morgan fingerprint density at radius 1 is 0.800 bits per heavy atom. The van der Waals surface area contributed by atoms with Crippen molar-refractivity contribution in [3.05, 3.63) is 95.0 Å². The minimum atomic E-state index is -3.74. The lowest BCUT2D eigenvalue weighted by Crippen LogP contribution is -2.22. The number of hydrogen-bond acceptors (Lipinski definition) is 5. The second-order valence-corrected chi connectivity index (χ2v) is 9.41. The molecule has 0 aliphatic carbocycles. The highest BCUT2D eigenvalue weighted by molar-refractivity contribution is 7.90. The average Bonchev–Trinajstić information content (AvgIpc) is 2.75. The molecule has 1 heterocycles. The van der Waals surface area contributed by atoms with Gasteiger partial charge in [-0.2, -0.15) is 0 Å². The van der Waals surface area contributed by atoms with E-state index >= 15 is 0 Å². The van der Waals surface area contributed by atoms with Crippen LogP contribution in [0.1, 0.15) is 11.1 Å². The van der Waals surface area contributed by atoms with Crippen LogP contribution in [0.4, 0.5) is 5.82 Å². The first-order valence-corrected chi connectivity index (χ1v) is 11.4. The van der Waals surface area contributed by atoms with Crippen LogP contribution in [0.15, 0.2) is 83.9 Å². The van der Waals surface area contributed by atoms with Gasteiger partial charge in [-0.25, -0.2) is 18.4 Å². The molecular formula is C23H20ClN3O2S. The summed E-state index contributed by atoms with van der Waals surface area (Å²) in [5, 5.41) is 0.541. The Balaban J connectivity index is 1.78. The fraction of sp³-hybridized carbons (Fsp3) is 0.130. The molecule has 4 rings (SSSR count). The van der Waals surface area contributed by atoms with Gasteiger partial charge in [0.15, 0.2) is 10.8 Å². The number of nitrogens with zero attached hydrogens (tertiary/aromatic N) is 3. The van der Waals surface area contributed by atoms with E-state index in [1.165, 1.54) is 0 Å². The van der Waals surface area contributed by atoms with Crippen LogP contribution in [0, 0.1) is 0 Å². The zero-order valence-corrected chi connectivity index (χ0v) is 17.9. The number of hydrogen-bond donors (Lipinski definition) is 0. The molecule has 0 bridgehead atoms. The summed E-state index contributed by atoms with van der Waals surface area (Å²) in [5.74, 6) is 0.162. The number of aromatic nitrogens is 2. The van der Waals surface area contributed by atoms with E-state index in [9.17, 15) is 8.42 Å². The molecule has 0 fully saturated rings. The van der Waals surface area contributed by atoms with E-state index in [-0.39, 0.29) is 10.8 Å².